The molecule has 27 heavy (non-hydrogen) atoms. The van der Waals surface area contributed by atoms with Crippen molar-refractivity contribution in [3.8, 4) is 5.75 Å². The highest BCUT2D eigenvalue weighted by molar-refractivity contribution is 6.09. The normalized spacial score (nSPS) is 22.1. The van der Waals surface area contributed by atoms with Crippen molar-refractivity contribution in [2.75, 3.05) is 13.7 Å². The molecule has 4 rings (SSSR count). The number of rotatable bonds is 5. The van der Waals surface area contributed by atoms with Gasteiger partial charge in [0.05, 0.1) is 7.11 Å². The van der Waals surface area contributed by atoms with Crippen LogP contribution in [0.5, 0.6) is 5.75 Å². The summed E-state index contributed by atoms with van der Waals surface area (Å²) in [6.45, 7) is 1.40. The van der Waals surface area contributed by atoms with Crippen LogP contribution in [-0.2, 0) is 15.1 Å². The van der Waals surface area contributed by atoms with Gasteiger partial charge in [0, 0.05) is 6.04 Å². The lowest BCUT2D eigenvalue weighted by Gasteiger charge is -2.22. The lowest BCUT2D eigenvalue weighted by molar-refractivity contribution is -0.134. The number of methoxy groups -OCH3 is 1. The molecular weight excluding hydrogens is 346 g/mol. The van der Waals surface area contributed by atoms with Crippen LogP contribution >= 0.6 is 0 Å². The SMILES string of the molecule is COc1ccc2cc([C@@]3(C)NC(=O)N(CC(=O)NC4CC4)C3=O)ccc2c1. The first kappa shape index (κ1) is 17.3. The standard InChI is InChI=1S/C20H21N3O4/c1-20(14-5-3-13-10-16(27-2)8-4-12(13)9-14)18(25)23(19(26)22-20)11-17(24)21-15-6-7-15/h3-5,8-10,15H,6-7,11H2,1-2H3,(H,21,24)(H,22,26)/t20-/m1/s1. The number of imide groups is 1. The number of hydrogen-bond donors (Lipinski definition) is 2. The number of ether oxygens (including phenoxy) is 1. The van der Waals surface area contributed by atoms with Gasteiger partial charge in [0.15, 0.2) is 0 Å². The summed E-state index contributed by atoms with van der Waals surface area (Å²) in [4.78, 5) is 38.3. The molecule has 0 aromatic heterocycles. The molecule has 140 valence electrons. The Morgan fingerprint density at radius 3 is 2.63 bits per heavy atom. The summed E-state index contributed by atoms with van der Waals surface area (Å²) in [5, 5.41) is 7.44. The van der Waals surface area contributed by atoms with E-state index in [-0.39, 0.29) is 18.5 Å². The maximum Gasteiger partial charge on any atom is 0.325 e. The fourth-order valence-electron chi connectivity index (χ4n) is 3.34. The zero-order valence-corrected chi connectivity index (χ0v) is 15.2. The van der Waals surface area contributed by atoms with Crippen LogP contribution in [0.4, 0.5) is 4.79 Å². The number of nitrogens with one attached hydrogen (secondary N) is 2. The van der Waals surface area contributed by atoms with Crippen LogP contribution in [0, 0.1) is 0 Å². The third-order valence-corrected chi connectivity index (χ3v) is 5.14. The average molecular weight is 367 g/mol. The van der Waals surface area contributed by atoms with Crippen molar-refractivity contribution >= 4 is 28.6 Å². The molecule has 0 spiro atoms. The summed E-state index contributed by atoms with van der Waals surface area (Å²) in [5.74, 6) is 0.0155. The number of benzene rings is 2. The zero-order valence-electron chi connectivity index (χ0n) is 15.2. The van der Waals surface area contributed by atoms with Crippen LogP contribution in [0.1, 0.15) is 25.3 Å². The highest BCUT2D eigenvalue weighted by Crippen LogP contribution is 2.32. The predicted octanol–water partition coefficient (Wildman–Crippen LogP) is 1.89. The second-order valence-electron chi connectivity index (χ2n) is 7.22. The first-order chi connectivity index (χ1) is 12.9. The maximum atomic E-state index is 13.0. The Bertz CT molecular complexity index is 953. The van der Waals surface area contributed by atoms with Crippen LogP contribution < -0.4 is 15.4 Å². The number of carbonyl (C=O) groups excluding carboxylic acids is 3. The van der Waals surface area contributed by atoms with Gasteiger partial charge >= 0.3 is 6.03 Å². The number of carbonyl (C=O) groups is 3. The molecule has 1 atom stereocenters. The van der Waals surface area contributed by atoms with Gasteiger partial charge in [-0.15, -0.1) is 0 Å². The molecule has 1 aliphatic heterocycles. The zero-order chi connectivity index (χ0) is 19.2. The van der Waals surface area contributed by atoms with E-state index in [1.807, 2.05) is 36.4 Å². The highest BCUT2D eigenvalue weighted by atomic mass is 16.5. The molecule has 2 aromatic rings. The molecule has 7 heteroatoms. The first-order valence-corrected chi connectivity index (χ1v) is 8.92. The van der Waals surface area contributed by atoms with E-state index in [1.54, 1.807) is 14.0 Å². The number of amides is 4. The number of fused-ring (bicyclic) bond motifs is 1. The summed E-state index contributed by atoms with van der Waals surface area (Å²) < 4.78 is 5.23. The average Bonchev–Trinajstić information content (AvgIpc) is 3.44. The van der Waals surface area contributed by atoms with E-state index in [1.165, 1.54) is 0 Å². The molecule has 2 fully saturated rings. The van der Waals surface area contributed by atoms with Crippen molar-refractivity contribution in [3.05, 3.63) is 42.0 Å². The number of urea groups is 1. The third kappa shape index (κ3) is 3.09. The Morgan fingerprint density at radius 2 is 1.93 bits per heavy atom. The largest absolute Gasteiger partial charge is 0.497 e. The van der Waals surface area contributed by atoms with E-state index in [2.05, 4.69) is 10.6 Å². The van der Waals surface area contributed by atoms with Crippen LogP contribution in [0.2, 0.25) is 0 Å². The highest BCUT2D eigenvalue weighted by Gasteiger charge is 2.49. The molecule has 1 heterocycles. The smallest absolute Gasteiger partial charge is 0.325 e. The van der Waals surface area contributed by atoms with Crippen molar-refractivity contribution < 1.29 is 19.1 Å². The molecule has 1 aliphatic carbocycles. The Balaban J connectivity index is 1.60. The van der Waals surface area contributed by atoms with Gasteiger partial charge < -0.3 is 15.4 Å². The van der Waals surface area contributed by atoms with E-state index in [0.29, 0.717) is 5.56 Å². The van der Waals surface area contributed by atoms with Gasteiger partial charge in [-0.3, -0.25) is 14.5 Å². The topological polar surface area (TPSA) is 87.7 Å². The molecule has 2 aliphatic rings. The van der Waals surface area contributed by atoms with E-state index in [0.717, 1.165) is 34.3 Å². The Kier molecular flexibility index (Phi) is 4.02. The summed E-state index contributed by atoms with van der Waals surface area (Å²) in [6.07, 6.45) is 1.90. The van der Waals surface area contributed by atoms with Crippen LogP contribution in [0.25, 0.3) is 10.8 Å². The minimum Gasteiger partial charge on any atom is -0.497 e. The van der Waals surface area contributed by atoms with Crippen molar-refractivity contribution in [2.45, 2.75) is 31.3 Å². The maximum absolute atomic E-state index is 13.0. The van der Waals surface area contributed by atoms with E-state index in [4.69, 9.17) is 4.74 Å². The number of nitrogens with zero attached hydrogens (tertiary/aromatic N) is 1. The Morgan fingerprint density at radius 1 is 1.22 bits per heavy atom. The lowest BCUT2D eigenvalue weighted by Crippen LogP contribution is -2.43. The molecule has 0 radical (unpaired) electrons. The van der Waals surface area contributed by atoms with Crippen molar-refractivity contribution in [1.29, 1.82) is 0 Å². The van der Waals surface area contributed by atoms with Gasteiger partial charge in [-0.1, -0.05) is 18.2 Å². The van der Waals surface area contributed by atoms with E-state index >= 15 is 0 Å². The van der Waals surface area contributed by atoms with E-state index < -0.39 is 17.5 Å². The first-order valence-electron chi connectivity index (χ1n) is 8.92. The summed E-state index contributed by atoms with van der Waals surface area (Å²) >= 11 is 0. The van der Waals surface area contributed by atoms with Gasteiger partial charge in [-0.2, -0.15) is 0 Å². The van der Waals surface area contributed by atoms with Gasteiger partial charge in [0.1, 0.15) is 17.8 Å². The molecule has 2 N–H and O–H groups in total. The van der Waals surface area contributed by atoms with Crippen LogP contribution in [-0.4, -0.2) is 42.4 Å². The molecular formula is C20H21N3O4. The quantitative estimate of drug-likeness (QED) is 0.790. The van der Waals surface area contributed by atoms with Gasteiger partial charge in [0.2, 0.25) is 5.91 Å². The predicted molar refractivity (Wildman–Crippen MR) is 99.3 cm³/mol. The fraction of sp³-hybridized carbons (Fsp3) is 0.350. The van der Waals surface area contributed by atoms with Gasteiger partial charge in [-0.25, -0.2) is 4.79 Å². The lowest BCUT2D eigenvalue weighted by atomic mass is 9.90. The fourth-order valence-corrected chi connectivity index (χ4v) is 3.34. The van der Waals surface area contributed by atoms with Crippen molar-refractivity contribution in [1.82, 2.24) is 15.5 Å². The minimum atomic E-state index is -1.20. The van der Waals surface area contributed by atoms with Crippen molar-refractivity contribution in [2.24, 2.45) is 0 Å². The molecule has 4 amide bonds. The second kappa shape index (κ2) is 6.26. The summed E-state index contributed by atoms with van der Waals surface area (Å²) in [7, 11) is 1.61. The molecule has 1 saturated heterocycles. The van der Waals surface area contributed by atoms with Crippen LogP contribution in [0.15, 0.2) is 36.4 Å². The number of hydrogen-bond acceptors (Lipinski definition) is 4. The summed E-state index contributed by atoms with van der Waals surface area (Å²) in [5.41, 5.74) is -0.533. The molecule has 7 nitrogen and oxygen atoms in total. The second-order valence-corrected chi connectivity index (χ2v) is 7.22. The monoisotopic (exact) mass is 367 g/mol. The van der Waals surface area contributed by atoms with Crippen molar-refractivity contribution in [3.63, 3.8) is 0 Å². The molecule has 0 bridgehead atoms. The minimum absolute atomic E-state index is 0.183. The molecule has 0 unspecified atom stereocenters. The summed E-state index contributed by atoms with van der Waals surface area (Å²) in [6, 6.07) is 10.9. The Labute approximate surface area is 156 Å². The van der Waals surface area contributed by atoms with Crippen LogP contribution in [0.3, 0.4) is 0 Å². The third-order valence-electron chi connectivity index (χ3n) is 5.14. The molecule has 1 saturated carbocycles. The van der Waals surface area contributed by atoms with Gasteiger partial charge in [-0.05, 0) is 54.3 Å². The van der Waals surface area contributed by atoms with E-state index in [9.17, 15) is 14.4 Å². The van der Waals surface area contributed by atoms with Gasteiger partial charge in [0.25, 0.3) is 5.91 Å². The molecule has 2 aromatic carbocycles. The Hall–Kier alpha value is -3.09.